The van der Waals surface area contributed by atoms with Crippen LogP contribution in [0.2, 0.25) is 0 Å². The van der Waals surface area contributed by atoms with Gasteiger partial charge in [0.25, 0.3) is 0 Å². The van der Waals surface area contributed by atoms with Crippen molar-refractivity contribution in [3.63, 3.8) is 0 Å². The second kappa shape index (κ2) is 12.5. The lowest BCUT2D eigenvalue weighted by molar-refractivity contribution is -0.0806. The molecule has 51 heavy (non-hydrogen) atoms. The number of fused-ring (bicyclic) bond motifs is 4. The molecule has 8 rings (SSSR count). The van der Waals surface area contributed by atoms with E-state index in [1.54, 1.807) is 0 Å². The summed E-state index contributed by atoms with van der Waals surface area (Å²) in [6.45, 7) is 2.73. The summed E-state index contributed by atoms with van der Waals surface area (Å²) in [7, 11) is 1.40. The van der Waals surface area contributed by atoms with Crippen molar-refractivity contribution in [2.45, 2.75) is 50.4 Å². The zero-order chi connectivity index (χ0) is 35.7. The molecule has 14 heteroatoms. The van der Waals surface area contributed by atoms with E-state index in [0.29, 0.717) is 55.5 Å². The quantitative estimate of drug-likeness (QED) is 0.128. The van der Waals surface area contributed by atoms with Crippen molar-refractivity contribution >= 4 is 27.5 Å². The van der Waals surface area contributed by atoms with Crippen LogP contribution in [-0.4, -0.2) is 89.7 Å². The Bertz CT molecular complexity index is 2120. The number of hydrogen-bond acceptors (Lipinski definition) is 9. The molecule has 3 saturated heterocycles. The maximum Gasteiger partial charge on any atom is 0.409 e. The van der Waals surface area contributed by atoms with E-state index >= 15 is 4.39 Å². The number of alkyl halides is 3. The Balaban J connectivity index is 1.21. The molecule has 2 aromatic carbocycles. The topological polar surface area (TPSA) is 95.9 Å². The monoisotopic (exact) mass is 706 g/mol. The standard InChI is InChI=1S/C37H35F5N6O3/c1-3-25-27(38)7-4-21-12-24(49)13-26(28(21)25)31-30(39)32-29(34(44-31)50-2)33(48-16-22-5-6-23(17-48)43-22)46-35(45-32)51-19-36(9-10-36)18-47-11-8-20(15-47)14-37(40,41)42/h1,4,7,12-14,22-23,43,49H,5-6,8-11,15-19H2,2H3/b20-14+. The number of nitrogens with one attached hydrogen (secondary N) is 1. The number of benzene rings is 2. The number of phenols is 1. The third kappa shape index (κ3) is 6.38. The highest BCUT2D eigenvalue weighted by atomic mass is 19.4. The summed E-state index contributed by atoms with van der Waals surface area (Å²) >= 11 is 0. The number of likely N-dealkylation sites (tertiary alicyclic amines) is 1. The van der Waals surface area contributed by atoms with Crippen LogP contribution in [-0.2, 0) is 0 Å². The Morgan fingerprint density at radius 3 is 2.55 bits per heavy atom. The number of phenolic OH excluding ortho intramolecular Hbond substituents is 1. The van der Waals surface area contributed by atoms with Gasteiger partial charge < -0.3 is 24.8 Å². The third-order valence-corrected chi connectivity index (χ3v) is 10.4. The van der Waals surface area contributed by atoms with Gasteiger partial charge in [0, 0.05) is 67.2 Å². The molecule has 1 saturated carbocycles. The first-order chi connectivity index (χ1) is 24.4. The molecular formula is C37H35F5N6O3. The van der Waals surface area contributed by atoms with Crippen LogP contribution in [0.4, 0.5) is 27.8 Å². The molecule has 0 amide bonds. The second-order valence-corrected chi connectivity index (χ2v) is 14.1. The summed E-state index contributed by atoms with van der Waals surface area (Å²) in [5, 5.41) is 15.0. The van der Waals surface area contributed by atoms with E-state index in [1.807, 2.05) is 4.90 Å². The minimum Gasteiger partial charge on any atom is -0.508 e. The molecule has 9 nitrogen and oxygen atoms in total. The molecule has 0 spiro atoms. The van der Waals surface area contributed by atoms with Crippen molar-refractivity contribution < 1.29 is 36.5 Å². The summed E-state index contributed by atoms with van der Waals surface area (Å²) < 4.78 is 82.8. The van der Waals surface area contributed by atoms with E-state index in [-0.39, 0.29) is 81.4 Å². The number of anilines is 1. The highest BCUT2D eigenvalue weighted by Crippen LogP contribution is 2.48. The number of halogens is 5. The highest BCUT2D eigenvalue weighted by molar-refractivity contribution is 6.04. The van der Waals surface area contributed by atoms with Gasteiger partial charge in [-0.15, -0.1) is 6.42 Å². The smallest absolute Gasteiger partial charge is 0.409 e. The predicted octanol–water partition coefficient (Wildman–Crippen LogP) is 6.11. The van der Waals surface area contributed by atoms with Crippen molar-refractivity contribution in [1.82, 2.24) is 25.2 Å². The average Bonchev–Trinajstić information content (AvgIpc) is 3.59. The zero-order valence-electron chi connectivity index (χ0n) is 27.8. The number of terminal acetylenes is 1. The number of rotatable bonds is 8. The number of methoxy groups -OCH3 is 1. The fraction of sp³-hybridized carbons (Fsp3) is 0.432. The van der Waals surface area contributed by atoms with Crippen LogP contribution in [0, 0.1) is 29.4 Å². The minimum absolute atomic E-state index is 0.0272. The lowest BCUT2D eigenvalue weighted by Crippen LogP contribution is -2.51. The van der Waals surface area contributed by atoms with Gasteiger partial charge >= 0.3 is 12.2 Å². The first-order valence-electron chi connectivity index (χ1n) is 16.9. The molecule has 3 aliphatic heterocycles. The molecule has 4 fully saturated rings. The van der Waals surface area contributed by atoms with Crippen molar-refractivity contribution in [3.8, 4) is 41.2 Å². The molecule has 2 N–H and O–H groups in total. The number of hydrogen-bond donors (Lipinski definition) is 2. The van der Waals surface area contributed by atoms with Crippen LogP contribution in [0.15, 0.2) is 35.9 Å². The van der Waals surface area contributed by atoms with Crippen LogP contribution < -0.4 is 19.7 Å². The van der Waals surface area contributed by atoms with Crippen molar-refractivity contribution in [1.29, 1.82) is 0 Å². The van der Waals surface area contributed by atoms with Crippen molar-refractivity contribution in [3.05, 3.63) is 53.1 Å². The fourth-order valence-electron chi connectivity index (χ4n) is 7.89. The molecule has 2 bridgehead atoms. The first-order valence-corrected chi connectivity index (χ1v) is 16.9. The van der Waals surface area contributed by atoms with Gasteiger partial charge in [-0.2, -0.15) is 23.1 Å². The number of ether oxygens (including phenoxy) is 2. The van der Waals surface area contributed by atoms with Crippen molar-refractivity contribution in [2.75, 3.05) is 51.3 Å². The summed E-state index contributed by atoms with van der Waals surface area (Å²) in [5.41, 5.74) is -0.384. The average molecular weight is 707 g/mol. The first kappa shape index (κ1) is 33.4. The molecule has 266 valence electrons. The van der Waals surface area contributed by atoms with Gasteiger partial charge in [0.2, 0.25) is 5.88 Å². The largest absolute Gasteiger partial charge is 0.508 e. The van der Waals surface area contributed by atoms with Crippen LogP contribution in [0.1, 0.15) is 37.7 Å². The van der Waals surface area contributed by atoms with Gasteiger partial charge in [-0.1, -0.05) is 17.6 Å². The summed E-state index contributed by atoms with van der Waals surface area (Å²) in [4.78, 5) is 18.0. The molecule has 4 aliphatic rings. The highest BCUT2D eigenvalue weighted by Gasteiger charge is 2.46. The summed E-state index contributed by atoms with van der Waals surface area (Å²) in [5.74, 6) is 1.02. The molecule has 5 heterocycles. The van der Waals surface area contributed by atoms with Crippen LogP contribution in [0.5, 0.6) is 17.6 Å². The van der Waals surface area contributed by atoms with Crippen LogP contribution in [0.3, 0.4) is 0 Å². The Morgan fingerprint density at radius 1 is 1.10 bits per heavy atom. The molecule has 0 radical (unpaired) electrons. The number of nitrogens with zero attached hydrogens (tertiary/aromatic N) is 5. The second-order valence-electron chi connectivity index (χ2n) is 14.1. The van der Waals surface area contributed by atoms with Gasteiger partial charge in [-0.3, -0.25) is 4.90 Å². The SMILES string of the molecule is C#Cc1c(F)ccc2cc(O)cc(-c3nc(OC)c4c(N5CC6CCC(C5)N6)nc(OCC5(CN6CC/C(=C\C(F)(F)F)C6)CC5)nc4c3F)c12. The number of piperazine rings is 1. The Kier molecular flexibility index (Phi) is 8.18. The van der Waals surface area contributed by atoms with Gasteiger partial charge in [0.15, 0.2) is 5.82 Å². The predicted molar refractivity (Wildman–Crippen MR) is 181 cm³/mol. The van der Waals surface area contributed by atoms with Crippen molar-refractivity contribution in [2.24, 2.45) is 5.41 Å². The molecule has 4 aromatic rings. The summed E-state index contributed by atoms with van der Waals surface area (Å²) in [6.07, 6.45) is 5.72. The molecular weight excluding hydrogens is 671 g/mol. The number of aromatic hydroxyl groups is 1. The number of aromatic nitrogens is 3. The van der Waals surface area contributed by atoms with E-state index in [0.717, 1.165) is 25.7 Å². The van der Waals surface area contributed by atoms with Gasteiger partial charge in [0.05, 0.1) is 19.3 Å². The van der Waals surface area contributed by atoms with E-state index in [9.17, 15) is 22.7 Å². The lowest BCUT2D eigenvalue weighted by atomic mass is 9.95. The van der Waals surface area contributed by atoms with E-state index in [1.165, 1.54) is 31.4 Å². The normalized spacial score (nSPS) is 22.2. The molecule has 1 aliphatic carbocycles. The Hall–Kier alpha value is -4.74. The zero-order valence-corrected chi connectivity index (χ0v) is 27.8. The van der Waals surface area contributed by atoms with E-state index in [2.05, 4.69) is 26.1 Å². The van der Waals surface area contributed by atoms with Gasteiger partial charge in [-0.05, 0) is 55.7 Å². The minimum atomic E-state index is -4.35. The summed E-state index contributed by atoms with van der Waals surface area (Å²) in [6, 6.07) is 5.67. The maximum absolute atomic E-state index is 17.1. The number of pyridine rings is 1. The molecule has 2 atom stereocenters. The molecule has 2 unspecified atom stereocenters. The Labute approximate surface area is 290 Å². The fourth-order valence-corrected chi connectivity index (χ4v) is 7.89. The van der Waals surface area contributed by atoms with E-state index in [4.69, 9.17) is 20.9 Å². The molecule has 2 aromatic heterocycles. The number of allylic oxidation sites excluding steroid dienone is 1. The van der Waals surface area contributed by atoms with E-state index < -0.39 is 17.8 Å². The Morgan fingerprint density at radius 2 is 1.86 bits per heavy atom. The van der Waals surface area contributed by atoms with Crippen LogP contribution >= 0.6 is 0 Å². The lowest BCUT2D eigenvalue weighted by Gasteiger charge is -2.34. The maximum atomic E-state index is 17.1. The van der Waals surface area contributed by atoms with Crippen LogP contribution in [0.25, 0.3) is 32.9 Å². The van der Waals surface area contributed by atoms with Gasteiger partial charge in [0.1, 0.15) is 34.0 Å². The third-order valence-electron chi connectivity index (χ3n) is 10.4. The van der Waals surface area contributed by atoms with Gasteiger partial charge in [-0.25, -0.2) is 13.8 Å².